The number of carbonyl (C=O) groups is 4. The van der Waals surface area contributed by atoms with Crippen molar-refractivity contribution in [3.63, 3.8) is 0 Å². The van der Waals surface area contributed by atoms with Gasteiger partial charge >= 0.3 is 6.18 Å². The van der Waals surface area contributed by atoms with E-state index in [0.29, 0.717) is 55.1 Å². The highest BCUT2D eigenvalue weighted by Crippen LogP contribution is 2.38. The number of aromatic nitrogens is 5. The molecule has 2 unspecified atom stereocenters. The number of pyridine rings is 1. The van der Waals surface area contributed by atoms with Gasteiger partial charge in [0.1, 0.15) is 6.54 Å². The lowest BCUT2D eigenvalue weighted by Crippen LogP contribution is -2.66. The van der Waals surface area contributed by atoms with Crippen LogP contribution in [0.1, 0.15) is 58.8 Å². The first kappa shape index (κ1) is 41.2. The van der Waals surface area contributed by atoms with Crippen LogP contribution in [-0.4, -0.2) is 127 Å². The van der Waals surface area contributed by atoms with Gasteiger partial charge in [-0.1, -0.05) is 11.6 Å². The molecule has 4 aromatic rings. The summed E-state index contributed by atoms with van der Waals surface area (Å²) in [6.07, 6.45) is 2.43. The number of hydrogen-bond acceptors (Lipinski definition) is 10. The first-order valence-electron chi connectivity index (χ1n) is 20.0. The van der Waals surface area contributed by atoms with E-state index in [-0.39, 0.29) is 75.5 Å². The number of nitrogens with zero attached hydrogens (tertiary/aromatic N) is 8. The number of carboxylic acids is 1. The Balaban J connectivity index is 0.916. The number of hydrogen-bond donors (Lipinski definition) is 3. The number of quaternary nitrogens is 1. The fraction of sp³-hybridized carbons (Fsp3) is 0.475. The summed E-state index contributed by atoms with van der Waals surface area (Å²) in [5.41, 5.74) is 4.91. The topological polar surface area (TPSA) is 196 Å². The van der Waals surface area contributed by atoms with Gasteiger partial charge in [-0.25, -0.2) is 14.6 Å². The molecule has 16 nitrogen and oxygen atoms in total. The number of nitrogens with one attached hydrogen (secondary N) is 2. The number of anilines is 2. The zero-order chi connectivity index (χ0) is 42.5. The number of amides is 3. The second kappa shape index (κ2) is 16.2. The lowest BCUT2D eigenvalue weighted by Gasteiger charge is -2.52. The molecule has 2 bridgehead atoms. The summed E-state index contributed by atoms with van der Waals surface area (Å²) in [7, 11) is 1.40. The largest absolute Gasteiger partial charge is 0.544 e. The van der Waals surface area contributed by atoms with E-state index in [9.17, 15) is 37.5 Å². The van der Waals surface area contributed by atoms with Crippen molar-refractivity contribution in [1.82, 2.24) is 39.4 Å². The Bertz CT molecular complexity index is 2290. The fourth-order valence-electron chi connectivity index (χ4n) is 9.33. The highest BCUT2D eigenvalue weighted by molar-refractivity contribution is 6.34. The zero-order valence-electron chi connectivity index (χ0n) is 32.8. The third-order valence-corrected chi connectivity index (χ3v) is 12.7. The van der Waals surface area contributed by atoms with Crippen LogP contribution in [0.25, 0.3) is 17.1 Å². The van der Waals surface area contributed by atoms with Crippen molar-refractivity contribution in [3.05, 3.63) is 71.0 Å². The number of piperidine rings is 2. The lowest BCUT2D eigenvalue weighted by atomic mass is 9.86. The molecule has 3 aromatic heterocycles. The number of nitrogen functional groups attached to an aromatic ring is 1. The van der Waals surface area contributed by atoms with E-state index in [1.54, 1.807) is 4.90 Å². The summed E-state index contributed by atoms with van der Waals surface area (Å²) in [4.78, 5) is 65.0. The number of imidazole rings is 1. The molecule has 60 heavy (non-hydrogen) atoms. The maximum atomic E-state index is 14.1. The standard InChI is InChI=1S/C40H45ClF3N11O5/c1-51-32(30-20-53(50-35(30)40(42,43)44)33-8-5-25(45)16-47-33)17-48-36(51)37(58)49-26-6-7-29(31(41)13-26)39(60)52-18-27-3-2-4-28(19-52)54(27)38(59)24-9-11-55(12-10-24,22-34(56)57)21-23-14-46-15-23/h5-8,13,16-17,20,23-24,27-28,46H,2-4,9-12,14-15,18-19,21-22,45H2,1H3,(H-,49,56,57,58,60). The van der Waals surface area contributed by atoms with Crippen molar-refractivity contribution in [3.8, 4) is 17.1 Å². The number of rotatable bonds is 10. The molecule has 318 valence electrons. The molecule has 2 atom stereocenters. The van der Waals surface area contributed by atoms with Gasteiger partial charge in [0.2, 0.25) is 5.91 Å². The second-order valence-electron chi connectivity index (χ2n) is 16.5. The monoisotopic (exact) mass is 851 g/mol. The van der Waals surface area contributed by atoms with Crippen LogP contribution in [0.2, 0.25) is 5.02 Å². The van der Waals surface area contributed by atoms with Gasteiger partial charge in [-0.2, -0.15) is 18.3 Å². The van der Waals surface area contributed by atoms with Gasteiger partial charge in [-0.3, -0.25) is 14.4 Å². The van der Waals surface area contributed by atoms with E-state index >= 15 is 0 Å². The SMILES string of the molecule is Cn1c(-c2cn(-c3ccc(N)cn3)nc2C(F)(F)F)cnc1C(=O)Nc1ccc(C(=O)N2CC3CCCC(C2)N3C(=O)C2CC[N+](CC(=O)[O-])(CC3CNC3)CC2)c(Cl)c1. The molecule has 0 spiro atoms. The molecule has 0 radical (unpaired) electrons. The van der Waals surface area contributed by atoms with Crippen molar-refractivity contribution in [2.24, 2.45) is 18.9 Å². The zero-order valence-corrected chi connectivity index (χ0v) is 33.6. The Morgan fingerprint density at radius 3 is 2.33 bits per heavy atom. The molecule has 0 aliphatic carbocycles. The number of piperazine rings is 1. The van der Waals surface area contributed by atoms with Crippen molar-refractivity contribution in [2.75, 3.05) is 63.4 Å². The van der Waals surface area contributed by atoms with Gasteiger partial charge in [0, 0.05) is 81.9 Å². The number of halogens is 4. The third kappa shape index (κ3) is 8.17. The molecule has 3 amide bonds. The van der Waals surface area contributed by atoms with Gasteiger partial charge in [0.25, 0.3) is 11.8 Å². The number of carboxylic acid groups (broad SMARTS) is 1. The molecule has 7 heterocycles. The Morgan fingerprint density at radius 1 is 1.02 bits per heavy atom. The van der Waals surface area contributed by atoms with Crippen LogP contribution in [0.4, 0.5) is 24.5 Å². The summed E-state index contributed by atoms with van der Waals surface area (Å²) in [6, 6.07) is 7.03. The summed E-state index contributed by atoms with van der Waals surface area (Å²) in [6.45, 7) is 4.39. The van der Waals surface area contributed by atoms with Crippen LogP contribution < -0.4 is 21.5 Å². The normalized spacial score (nSPS) is 23.2. The minimum atomic E-state index is -4.83. The first-order valence-corrected chi connectivity index (χ1v) is 20.4. The maximum absolute atomic E-state index is 14.1. The van der Waals surface area contributed by atoms with E-state index in [0.717, 1.165) is 56.0 Å². The van der Waals surface area contributed by atoms with Crippen LogP contribution >= 0.6 is 11.6 Å². The molecule has 1 aromatic carbocycles. The quantitative estimate of drug-likeness (QED) is 0.200. The molecule has 4 fully saturated rings. The Morgan fingerprint density at radius 2 is 1.73 bits per heavy atom. The summed E-state index contributed by atoms with van der Waals surface area (Å²) >= 11 is 6.65. The fourth-order valence-corrected chi connectivity index (χ4v) is 9.59. The lowest BCUT2D eigenvalue weighted by molar-refractivity contribution is -0.931. The number of fused-ring (bicyclic) bond motifs is 2. The van der Waals surface area contributed by atoms with E-state index < -0.39 is 23.7 Å². The molecule has 4 aliphatic heterocycles. The second-order valence-corrected chi connectivity index (χ2v) is 16.9. The first-order chi connectivity index (χ1) is 28.6. The Kier molecular flexibility index (Phi) is 11.1. The maximum Gasteiger partial charge on any atom is 0.435 e. The molecule has 0 saturated carbocycles. The predicted molar refractivity (Wildman–Crippen MR) is 210 cm³/mol. The van der Waals surface area contributed by atoms with E-state index in [1.807, 2.05) is 4.90 Å². The molecule has 4 aliphatic rings. The van der Waals surface area contributed by atoms with Crippen LogP contribution in [0, 0.1) is 11.8 Å². The molecule has 4 saturated heterocycles. The Hall–Kier alpha value is -5.53. The number of carbonyl (C=O) groups excluding carboxylic acids is 4. The highest BCUT2D eigenvalue weighted by atomic mass is 35.5. The van der Waals surface area contributed by atoms with Crippen LogP contribution in [-0.2, 0) is 22.8 Å². The van der Waals surface area contributed by atoms with E-state index in [2.05, 4.69) is 25.7 Å². The number of alkyl halides is 3. The molecule has 4 N–H and O–H groups in total. The molecule has 20 heteroatoms. The average molecular weight is 852 g/mol. The summed E-state index contributed by atoms with van der Waals surface area (Å²) in [5.74, 6) is -1.89. The summed E-state index contributed by atoms with van der Waals surface area (Å²) < 4.78 is 45.0. The number of nitrogens with two attached hydrogens (primary N) is 1. The van der Waals surface area contributed by atoms with Crippen molar-refractivity contribution >= 4 is 46.7 Å². The minimum absolute atomic E-state index is 0.0228. The van der Waals surface area contributed by atoms with Crippen LogP contribution in [0.15, 0.2) is 48.9 Å². The molecular weight excluding hydrogens is 807 g/mol. The Labute approximate surface area is 348 Å². The molecule has 8 rings (SSSR count). The highest BCUT2D eigenvalue weighted by Gasteiger charge is 2.46. The third-order valence-electron chi connectivity index (χ3n) is 12.4. The number of aliphatic carboxylic acids is 1. The average Bonchev–Trinajstić information content (AvgIpc) is 3.80. The summed E-state index contributed by atoms with van der Waals surface area (Å²) in [5, 5.41) is 21.4. The minimum Gasteiger partial charge on any atom is -0.544 e. The van der Waals surface area contributed by atoms with Gasteiger partial charge in [-0.15, -0.1) is 0 Å². The van der Waals surface area contributed by atoms with Crippen molar-refractivity contribution in [1.29, 1.82) is 0 Å². The predicted octanol–water partition coefficient (Wildman–Crippen LogP) is 2.58. The van der Waals surface area contributed by atoms with Crippen molar-refractivity contribution < 1.29 is 41.9 Å². The number of benzene rings is 1. The van der Waals surface area contributed by atoms with Gasteiger partial charge < -0.3 is 45.1 Å². The van der Waals surface area contributed by atoms with Gasteiger partial charge in [0.05, 0.1) is 65.5 Å². The molecular formula is C40H45ClF3N11O5. The van der Waals surface area contributed by atoms with Crippen LogP contribution in [0.3, 0.4) is 0 Å². The van der Waals surface area contributed by atoms with Crippen molar-refractivity contribution in [2.45, 2.75) is 50.4 Å². The number of likely N-dealkylation sites (tertiary alicyclic amines) is 2. The van der Waals surface area contributed by atoms with E-state index in [1.165, 1.54) is 48.1 Å². The van der Waals surface area contributed by atoms with Crippen LogP contribution in [0.5, 0.6) is 0 Å². The smallest absolute Gasteiger partial charge is 0.435 e. The van der Waals surface area contributed by atoms with Gasteiger partial charge in [-0.05, 0) is 49.6 Å². The van der Waals surface area contributed by atoms with E-state index in [4.69, 9.17) is 17.3 Å². The van der Waals surface area contributed by atoms with Gasteiger partial charge in [0.15, 0.2) is 17.3 Å².